The minimum Gasteiger partial charge on any atom is -0.494 e. The summed E-state index contributed by atoms with van der Waals surface area (Å²) in [6.45, 7) is 5.44. The Balaban J connectivity index is 1.81. The van der Waals surface area contributed by atoms with Crippen LogP contribution in [0.25, 0.3) is 0 Å². The number of rotatable bonds is 14. The van der Waals surface area contributed by atoms with E-state index in [1.807, 2.05) is 0 Å². The molecule has 0 aliphatic rings. The third-order valence-electron chi connectivity index (χ3n) is 4.72. The van der Waals surface area contributed by atoms with Crippen molar-refractivity contribution in [2.75, 3.05) is 13.2 Å². The zero-order valence-corrected chi connectivity index (χ0v) is 18.1. The largest absolute Gasteiger partial charge is 0.494 e. The van der Waals surface area contributed by atoms with Crippen molar-refractivity contribution in [3.63, 3.8) is 0 Å². The molecule has 0 saturated heterocycles. The maximum absolute atomic E-state index is 14.3. The molecule has 164 valence electrons. The molecule has 0 atom stereocenters. The first-order valence-electron chi connectivity index (χ1n) is 11.0. The average Bonchev–Trinajstić information content (AvgIpc) is 2.75. The summed E-state index contributed by atoms with van der Waals surface area (Å²) < 4.78 is 30.7. The van der Waals surface area contributed by atoms with Crippen LogP contribution < -0.4 is 14.2 Å². The van der Waals surface area contributed by atoms with E-state index < -0.39 is 11.8 Å². The molecular formula is C25H33FO4. The van der Waals surface area contributed by atoms with Gasteiger partial charge in [0.2, 0.25) is 0 Å². The first-order valence-corrected chi connectivity index (χ1v) is 11.0. The van der Waals surface area contributed by atoms with E-state index in [4.69, 9.17) is 14.2 Å². The number of unbranched alkanes of at least 4 members (excludes halogenated alkanes) is 6. The molecule has 5 heteroatoms. The fourth-order valence-corrected chi connectivity index (χ4v) is 2.94. The molecule has 4 nitrogen and oxygen atoms in total. The lowest BCUT2D eigenvalue weighted by Gasteiger charge is -2.10. The minimum atomic E-state index is -0.614. The second-order valence-electron chi connectivity index (χ2n) is 7.32. The molecule has 0 heterocycles. The molecule has 0 N–H and O–H groups in total. The Morgan fingerprint density at radius 3 is 2.07 bits per heavy atom. The highest BCUT2D eigenvalue weighted by atomic mass is 19.1. The lowest BCUT2D eigenvalue weighted by molar-refractivity contribution is 0.0734. The monoisotopic (exact) mass is 416 g/mol. The van der Waals surface area contributed by atoms with E-state index in [0.717, 1.165) is 43.9 Å². The fraction of sp³-hybridized carbons (Fsp3) is 0.480. The molecule has 0 bridgehead atoms. The molecule has 2 aromatic carbocycles. The van der Waals surface area contributed by atoms with Crippen molar-refractivity contribution >= 4 is 5.97 Å². The number of carbonyl (C=O) groups is 1. The molecule has 0 spiro atoms. The summed E-state index contributed by atoms with van der Waals surface area (Å²) in [6.07, 6.45) is 8.81. The van der Waals surface area contributed by atoms with Gasteiger partial charge in [-0.05, 0) is 55.3 Å². The van der Waals surface area contributed by atoms with Crippen LogP contribution in [0.4, 0.5) is 4.39 Å². The van der Waals surface area contributed by atoms with Gasteiger partial charge < -0.3 is 14.2 Å². The second kappa shape index (κ2) is 13.6. The van der Waals surface area contributed by atoms with Crippen LogP contribution in [-0.4, -0.2) is 19.2 Å². The molecule has 2 aromatic rings. The lowest BCUT2D eigenvalue weighted by Crippen LogP contribution is -2.09. The summed E-state index contributed by atoms with van der Waals surface area (Å²) >= 11 is 0. The second-order valence-corrected chi connectivity index (χ2v) is 7.32. The van der Waals surface area contributed by atoms with Gasteiger partial charge in [0.15, 0.2) is 11.6 Å². The molecular weight excluding hydrogens is 383 g/mol. The summed E-state index contributed by atoms with van der Waals surface area (Å²) in [4.78, 5) is 12.3. The van der Waals surface area contributed by atoms with Gasteiger partial charge in [0.05, 0.1) is 18.8 Å². The van der Waals surface area contributed by atoms with E-state index in [1.165, 1.54) is 31.4 Å². The van der Waals surface area contributed by atoms with E-state index in [0.29, 0.717) is 19.0 Å². The number of hydrogen-bond donors (Lipinski definition) is 0. The fourth-order valence-electron chi connectivity index (χ4n) is 2.94. The summed E-state index contributed by atoms with van der Waals surface area (Å²) in [5.41, 5.74) is 0.141. The Kier molecular flexibility index (Phi) is 10.8. The van der Waals surface area contributed by atoms with Crippen molar-refractivity contribution in [3.05, 3.63) is 53.8 Å². The minimum absolute atomic E-state index is 0.141. The number of carbonyl (C=O) groups excluding carboxylic acids is 1. The normalized spacial score (nSPS) is 10.6. The van der Waals surface area contributed by atoms with Crippen LogP contribution in [0, 0.1) is 5.82 Å². The topological polar surface area (TPSA) is 44.8 Å². The van der Waals surface area contributed by atoms with E-state index in [-0.39, 0.29) is 11.3 Å². The zero-order chi connectivity index (χ0) is 21.6. The maximum Gasteiger partial charge on any atom is 0.343 e. The van der Waals surface area contributed by atoms with Crippen molar-refractivity contribution in [3.8, 4) is 17.2 Å². The molecule has 0 saturated carbocycles. The number of benzene rings is 2. The van der Waals surface area contributed by atoms with Crippen LogP contribution in [0.3, 0.4) is 0 Å². The maximum atomic E-state index is 14.3. The Morgan fingerprint density at radius 2 is 1.37 bits per heavy atom. The summed E-state index contributed by atoms with van der Waals surface area (Å²) in [7, 11) is 0. The molecule has 0 aliphatic heterocycles. The first kappa shape index (κ1) is 23.7. The number of hydrogen-bond acceptors (Lipinski definition) is 4. The highest BCUT2D eigenvalue weighted by Crippen LogP contribution is 2.22. The van der Waals surface area contributed by atoms with Gasteiger partial charge in [0, 0.05) is 0 Å². The predicted molar refractivity (Wildman–Crippen MR) is 117 cm³/mol. The van der Waals surface area contributed by atoms with Crippen molar-refractivity contribution in [2.45, 2.75) is 65.2 Å². The van der Waals surface area contributed by atoms with Crippen LogP contribution >= 0.6 is 0 Å². The molecule has 30 heavy (non-hydrogen) atoms. The van der Waals surface area contributed by atoms with Gasteiger partial charge in [-0.3, -0.25) is 0 Å². The van der Waals surface area contributed by atoms with Crippen LogP contribution in [0.2, 0.25) is 0 Å². The van der Waals surface area contributed by atoms with Crippen molar-refractivity contribution in [1.82, 2.24) is 0 Å². The highest BCUT2D eigenvalue weighted by molar-refractivity contribution is 5.91. The summed E-state index contributed by atoms with van der Waals surface area (Å²) in [6, 6.07) is 11.0. The van der Waals surface area contributed by atoms with Crippen LogP contribution in [0.5, 0.6) is 17.2 Å². The molecule has 0 radical (unpaired) electrons. The molecule has 2 rings (SSSR count). The zero-order valence-electron chi connectivity index (χ0n) is 18.1. The lowest BCUT2D eigenvalue weighted by atomic mass is 10.2. The van der Waals surface area contributed by atoms with E-state index in [9.17, 15) is 9.18 Å². The Morgan fingerprint density at radius 1 is 0.767 bits per heavy atom. The summed E-state index contributed by atoms with van der Waals surface area (Å²) in [5, 5.41) is 0. The van der Waals surface area contributed by atoms with E-state index >= 15 is 0 Å². The van der Waals surface area contributed by atoms with Crippen molar-refractivity contribution < 1.29 is 23.4 Å². The highest BCUT2D eigenvalue weighted by Gasteiger charge is 2.13. The van der Waals surface area contributed by atoms with Gasteiger partial charge in [-0.15, -0.1) is 0 Å². The van der Waals surface area contributed by atoms with Crippen molar-refractivity contribution in [1.29, 1.82) is 0 Å². The summed E-state index contributed by atoms with van der Waals surface area (Å²) in [5.74, 6) is 0.0962. The molecule has 0 unspecified atom stereocenters. The van der Waals surface area contributed by atoms with Crippen LogP contribution in [0.1, 0.15) is 75.6 Å². The number of esters is 1. The standard InChI is InChI=1S/C25H33FO4/c1-3-5-7-8-10-18-29-24-16-11-20(19-23(24)26)25(27)30-22-14-12-21(13-15-22)28-17-9-6-4-2/h11-16,19H,3-10,17-18H2,1-2H3. The van der Waals surface area contributed by atoms with Crippen molar-refractivity contribution in [2.24, 2.45) is 0 Å². The van der Waals surface area contributed by atoms with E-state index in [2.05, 4.69) is 13.8 Å². The van der Waals surface area contributed by atoms with E-state index in [1.54, 1.807) is 24.3 Å². The third kappa shape index (κ3) is 8.44. The van der Waals surface area contributed by atoms with Crippen LogP contribution in [0.15, 0.2) is 42.5 Å². The van der Waals surface area contributed by atoms with Gasteiger partial charge in [0.25, 0.3) is 0 Å². The molecule has 0 aliphatic carbocycles. The van der Waals surface area contributed by atoms with Gasteiger partial charge in [-0.2, -0.15) is 0 Å². The average molecular weight is 417 g/mol. The number of halogens is 1. The third-order valence-corrected chi connectivity index (χ3v) is 4.72. The Bertz CT molecular complexity index is 758. The number of ether oxygens (including phenoxy) is 3. The molecule has 0 amide bonds. The first-order chi connectivity index (χ1) is 14.6. The SMILES string of the molecule is CCCCCCCOc1ccc(C(=O)Oc2ccc(OCCCCC)cc2)cc1F. The Labute approximate surface area is 179 Å². The Hall–Kier alpha value is -2.56. The van der Waals surface area contributed by atoms with Gasteiger partial charge in [-0.1, -0.05) is 52.4 Å². The smallest absolute Gasteiger partial charge is 0.343 e. The quantitative estimate of drug-likeness (QED) is 0.190. The molecule has 0 aromatic heterocycles. The van der Waals surface area contributed by atoms with Gasteiger partial charge in [-0.25, -0.2) is 9.18 Å². The van der Waals surface area contributed by atoms with Crippen LogP contribution in [-0.2, 0) is 0 Å². The predicted octanol–water partition coefficient (Wildman–Crippen LogP) is 6.96. The van der Waals surface area contributed by atoms with Gasteiger partial charge in [0.1, 0.15) is 11.5 Å². The molecule has 0 fully saturated rings. The van der Waals surface area contributed by atoms with Gasteiger partial charge >= 0.3 is 5.97 Å².